The quantitative estimate of drug-likeness (QED) is 0.505. The van der Waals surface area contributed by atoms with Gasteiger partial charge in [0.1, 0.15) is 0 Å². The van der Waals surface area contributed by atoms with Crippen LogP contribution >= 0.6 is 19.9 Å². The van der Waals surface area contributed by atoms with Gasteiger partial charge in [0.25, 0.3) is 0 Å². The summed E-state index contributed by atoms with van der Waals surface area (Å²) in [4.78, 5) is 11.8. The molecule has 0 heterocycles. The fourth-order valence-electron chi connectivity index (χ4n) is 0.770. The highest BCUT2D eigenvalue weighted by Gasteiger charge is 2.33. The second-order valence-corrected chi connectivity index (χ2v) is 4.64. The molecule has 0 spiro atoms. The molecular weight excluding hydrogens is 223 g/mol. The van der Waals surface area contributed by atoms with Crippen molar-refractivity contribution in [3.05, 3.63) is 11.2 Å². The van der Waals surface area contributed by atoms with Crippen LogP contribution in [0.4, 0.5) is 0 Å². The smallest absolute Gasteiger partial charge is 0.428 e. The van der Waals surface area contributed by atoms with E-state index in [1.165, 1.54) is 11.8 Å². The average molecular weight is 240 g/mol. The van der Waals surface area contributed by atoms with Gasteiger partial charge in [0, 0.05) is 5.41 Å². The highest BCUT2D eigenvalue weighted by Crippen LogP contribution is 2.55. The van der Waals surface area contributed by atoms with E-state index in [0.717, 1.165) is 0 Å². The summed E-state index contributed by atoms with van der Waals surface area (Å²) in [6.07, 6.45) is 1.89. The summed E-state index contributed by atoms with van der Waals surface area (Å²) in [5.74, 6) is 0.530. The average Bonchev–Trinajstić information content (AvgIpc) is 2.04. The molecular formula is C8H17O4PS. The third-order valence-corrected chi connectivity index (χ3v) is 3.34. The maximum atomic E-state index is 11.8. The summed E-state index contributed by atoms with van der Waals surface area (Å²) in [5, 5.41) is 1.74. The van der Waals surface area contributed by atoms with E-state index in [9.17, 15) is 4.89 Å². The molecule has 0 N–H and O–H groups in total. The molecule has 0 unspecified atom stereocenters. The van der Waals surface area contributed by atoms with E-state index in [2.05, 4.69) is 0 Å². The number of phosphoric ester groups is 1. The first kappa shape index (κ1) is 14.2. The number of rotatable bonds is 7. The second-order valence-electron chi connectivity index (χ2n) is 2.34. The van der Waals surface area contributed by atoms with Crippen molar-refractivity contribution in [3.8, 4) is 0 Å². The fourth-order valence-corrected chi connectivity index (χ4v) is 2.44. The SMILES string of the molecule is CCO[P+]([O-])(OCC)O/C(C)=C\SC. The normalized spacial score (nSPS) is 13.1. The lowest BCUT2D eigenvalue weighted by Gasteiger charge is -2.24. The molecule has 14 heavy (non-hydrogen) atoms. The van der Waals surface area contributed by atoms with Gasteiger partial charge in [0.05, 0.1) is 13.2 Å². The van der Waals surface area contributed by atoms with Crippen molar-refractivity contribution < 1.29 is 18.5 Å². The van der Waals surface area contributed by atoms with Gasteiger partial charge >= 0.3 is 8.17 Å². The molecule has 0 aliphatic heterocycles. The lowest BCUT2D eigenvalue weighted by atomic mass is 10.7. The van der Waals surface area contributed by atoms with Crippen LogP contribution in [0.25, 0.3) is 0 Å². The first-order chi connectivity index (χ1) is 6.58. The molecule has 0 aliphatic carbocycles. The Labute approximate surface area is 90.3 Å². The van der Waals surface area contributed by atoms with Gasteiger partial charge < -0.3 is 4.89 Å². The predicted molar refractivity (Wildman–Crippen MR) is 58.5 cm³/mol. The van der Waals surface area contributed by atoms with E-state index in [1.807, 2.05) is 6.26 Å². The Kier molecular flexibility index (Phi) is 7.59. The van der Waals surface area contributed by atoms with E-state index >= 15 is 0 Å². The van der Waals surface area contributed by atoms with Crippen molar-refractivity contribution in [1.29, 1.82) is 0 Å². The summed E-state index contributed by atoms with van der Waals surface area (Å²) in [6, 6.07) is 0. The van der Waals surface area contributed by atoms with E-state index in [1.54, 1.807) is 26.2 Å². The molecule has 0 aliphatic rings. The largest absolute Gasteiger partial charge is 0.598 e. The van der Waals surface area contributed by atoms with Gasteiger partial charge in [-0.15, -0.1) is 11.8 Å². The standard InChI is InChI=1S/C8H17O4PS/c1-5-10-13(9,11-6-2)12-8(3)7-14-4/h7H,5-6H2,1-4H3/b8-7-. The van der Waals surface area contributed by atoms with Gasteiger partial charge in [-0.05, 0) is 27.0 Å². The van der Waals surface area contributed by atoms with Crippen LogP contribution in [0.2, 0.25) is 0 Å². The molecule has 0 saturated heterocycles. The van der Waals surface area contributed by atoms with Crippen LogP contribution in [0, 0.1) is 0 Å². The maximum absolute atomic E-state index is 11.8. The zero-order valence-electron chi connectivity index (χ0n) is 8.98. The van der Waals surface area contributed by atoms with Crippen molar-refractivity contribution in [2.24, 2.45) is 0 Å². The zero-order valence-corrected chi connectivity index (χ0v) is 10.7. The molecule has 0 aromatic carbocycles. The Hall–Kier alpha value is 0.200. The Morgan fingerprint density at radius 2 is 1.86 bits per heavy atom. The Bertz CT molecular complexity index is 180. The third-order valence-electron chi connectivity index (χ3n) is 1.11. The molecule has 0 radical (unpaired) electrons. The van der Waals surface area contributed by atoms with Crippen LogP contribution in [0.3, 0.4) is 0 Å². The van der Waals surface area contributed by atoms with E-state index in [4.69, 9.17) is 13.6 Å². The molecule has 0 aromatic heterocycles. The van der Waals surface area contributed by atoms with Gasteiger partial charge in [-0.3, -0.25) is 4.52 Å². The molecule has 0 atom stereocenters. The van der Waals surface area contributed by atoms with Crippen molar-refractivity contribution in [3.63, 3.8) is 0 Å². The van der Waals surface area contributed by atoms with Gasteiger partial charge in [-0.2, -0.15) is 9.05 Å². The first-order valence-corrected chi connectivity index (χ1v) is 7.11. The minimum absolute atomic E-state index is 0.295. The van der Waals surface area contributed by atoms with Crippen molar-refractivity contribution in [2.75, 3.05) is 19.5 Å². The summed E-state index contributed by atoms with van der Waals surface area (Å²) in [5.41, 5.74) is 0. The summed E-state index contributed by atoms with van der Waals surface area (Å²) in [7, 11) is -3.39. The molecule has 6 heteroatoms. The molecule has 84 valence electrons. The Morgan fingerprint density at radius 1 is 1.36 bits per heavy atom. The van der Waals surface area contributed by atoms with Crippen molar-refractivity contribution in [2.45, 2.75) is 20.8 Å². The van der Waals surface area contributed by atoms with Crippen LogP contribution in [-0.4, -0.2) is 19.5 Å². The lowest BCUT2D eigenvalue weighted by molar-refractivity contribution is -0.244. The molecule has 0 fully saturated rings. The summed E-state index contributed by atoms with van der Waals surface area (Å²) < 4.78 is 15.0. The summed E-state index contributed by atoms with van der Waals surface area (Å²) >= 11 is 1.47. The molecule has 0 aromatic rings. The van der Waals surface area contributed by atoms with Crippen LogP contribution in [0.5, 0.6) is 0 Å². The number of thioether (sulfide) groups is 1. The topological polar surface area (TPSA) is 50.8 Å². The van der Waals surface area contributed by atoms with E-state index in [-0.39, 0.29) is 0 Å². The molecule has 0 amide bonds. The monoisotopic (exact) mass is 240 g/mol. The van der Waals surface area contributed by atoms with E-state index in [0.29, 0.717) is 19.0 Å². The highest BCUT2D eigenvalue weighted by molar-refractivity contribution is 8.01. The lowest BCUT2D eigenvalue weighted by Crippen LogP contribution is -2.18. The highest BCUT2D eigenvalue weighted by atomic mass is 32.2. The second kappa shape index (κ2) is 7.49. The first-order valence-electron chi connectivity index (χ1n) is 4.36. The summed E-state index contributed by atoms with van der Waals surface area (Å²) in [6.45, 7) is 5.78. The third kappa shape index (κ3) is 5.83. The molecule has 0 saturated carbocycles. The number of allylic oxidation sites excluding steroid dienone is 1. The maximum Gasteiger partial charge on any atom is 0.428 e. The number of hydrogen-bond donors (Lipinski definition) is 0. The molecule has 0 rings (SSSR count). The van der Waals surface area contributed by atoms with Gasteiger partial charge in [0.2, 0.25) is 0 Å². The van der Waals surface area contributed by atoms with Crippen molar-refractivity contribution in [1.82, 2.24) is 0 Å². The minimum atomic E-state index is -3.39. The number of hydrogen-bond acceptors (Lipinski definition) is 5. The predicted octanol–water partition coefficient (Wildman–Crippen LogP) is 2.34. The van der Waals surface area contributed by atoms with Crippen LogP contribution < -0.4 is 4.89 Å². The van der Waals surface area contributed by atoms with Gasteiger partial charge in [0.15, 0.2) is 5.76 Å². The van der Waals surface area contributed by atoms with Crippen LogP contribution in [0.15, 0.2) is 11.2 Å². The Balaban J connectivity index is 4.27. The van der Waals surface area contributed by atoms with Gasteiger partial charge in [-0.25, -0.2) is 0 Å². The molecule has 4 nitrogen and oxygen atoms in total. The van der Waals surface area contributed by atoms with Crippen LogP contribution in [-0.2, 0) is 13.6 Å². The van der Waals surface area contributed by atoms with Crippen LogP contribution in [0.1, 0.15) is 20.8 Å². The zero-order chi connectivity index (χ0) is 11.0. The minimum Gasteiger partial charge on any atom is -0.598 e. The van der Waals surface area contributed by atoms with Crippen molar-refractivity contribution >= 4 is 19.9 Å². The van der Waals surface area contributed by atoms with Gasteiger partial charge in [-0.1, -0.05) is 0 Å². The Morgan fingerprint density at radius 3 is 2.21 bits per heavy atom. The van der Waals surface area contributed by atoms with E-state index < -0.39 is 8.17 Å². The fraction of sp³-hybridized carbons (Fsp3) is 0.750. The molecule has 0 bridgehead atoms. The number of phosphoric acid groups is 1.